The number of aromatic hydroxyl groups is 1. The molecule has 1 amide bonds. The highest BCUT2D eigenvalue weighted by molar-refractivity contribution is 6.08. The van der Waals surface area contributed by atoms with Crippen LogP contribution in [0, 0.1) is 0 Å². The maximum atomic E-state index is 13.1. The van der Waals surface area contributed by atoms with E-state index < -0.39 is 0 Å². The highest BCUT2D eigenvalue weighted by atomic mass is 35.5. The molecule has 0 aliphatic rings. The molecule has 0 radical (unpaired) electrons. The smallest absolute Gasteiger partial charge is 0.262 e. The third-order valence-electron chi connectivity index (χ3n) is 5.40. The van der Waals surface area contributed by atoms with Crippen molar-refractivity contribution in [2.45, 2.75) is 39.2 Å². The molecular formula is C28H34ClN3O4. The van der Waals surface area contributed by atoms with Crippen LogP contribution in [0.4, 0.5) is 5.69 Å². The van der Waals surface area contributed by atoms with Gasteiger partial charge in [-0.1, -0.05) is 18.2 Å². The van der Waals surface area contributed by atoms with Gasteiger partial charge in [0.15, 0.2) is 0 Å². The van der Waals surface area contributed by atoms with Crippen molar-refractivity contribution in [2.24, 2.45) is 10.9 Å². The number of benzene rings is 3. The number of unbranched alkanes of at least 4 members (excludes halogenated alkanes) is 2. The molecule has 0 spiro atoms. The minimum absolute atomic E-state index is 0. The summed E-state index contributed by atoms with van der Waals surface area (Å²) in [5.41, 5.74) is 1.96. The number of para-hydroxylation sites is 1. The zero-order chi connectivity index (χ0) is 25.0. The highest BCUT2D eigenvalue weighted by Crippen LogP contribution is 2.28. The van der Waals surface area contributed by atoms with Gasteiger partial charge < -0.3 is 25.3 Å². The lowest BCUT2D eigenvalue weighted by atomic mass is 10.1. The van der Waals surface area contributed by atoms with E-state index in [0.717, 1.165) is 36.3 Å². The van der Waals surface area contributed by atoms with Crippen LogP contribution in [0.25, 0.3) is 0 Å². The minimum Gasteiger partial charge on any atom is -0.507 e. The molecule has 3 aromatic carbocycles. The number of ether oxygens (including phenoxy) is 2. The summed E-state index contributed by atoms with van der Waals surface area (Å²) in [6.07, 6.45) is 4.28. The van der Waals surface area contributed by atoms with Gasteiger partial charge in [-0.2, -0.15) is 5.10 Å². The average Bonchev–Trinajstić information content (AvgIpc) is 2.85. The largest absolute Gasteiger partial charge is 0.507 e. The van der Waals surface area contributed by atoms with Crippen molar-refractivity contribution in [3.05, 3.63) is 83.9 Å². The van der Waals surface area contributed by atoms with Crippen molar-refractivity contribution in [1.82, 2.24) is 0 Å². The Kier molecular flexibility index (Phi) is 11.6. The van der Waals surface area contributed by atoms with Crippen LogP contribution >= 0.6 is 12.4 Å². The number of phenols is 1. The number of phenolic OH excluding ortho intramolecular Hbond substituents is 1. The molecule has 36 heavy (non-hydrogen) atoms. The van der Waals surface area contributed by atoms with Gasteiger partial charge in [0, 0.05) is 17.8 Å². The van der Waals surface area contributed by atoms with Gasteiger partial charge in [-0.25, -0.2) is 0 Å². The van der Waals surface area contributed by atoms with Gasteiger partial charge in [0.2, 0.25) is 0 Å². The molecule has 0 atom stereocenters. The molecule has 0 aromatic heterocycles. The fourth-order valence-electron chi connectivity index (χ4n) is 3.65. The highest BCUT2D eigenvalue weighted by Gasteiger charge is 2.23. The average molecular weight is 512 g/mol. The molecule has 0 heterocycles. The fourth-order valence-corrected chi connectivity index (χ4v) is 3.65. The summed E-state index contributed by atoms with van der Waals surface area (Å²) < 4.78 is 11.5. The van der Waals surface area contributed by atoms with Gasteiger partial charge in [0.1, 0.15) is 17.2 Å². The van der Waals surface area contributed by atoms with Crippen LogP contribution in [0.2, 0.25) is 0 Å². The van der Waals surface area contributed by atoms with Gasteiger partial charge in [-0.15, -0.1) is 12.4 Å². The lowest BCUT2D eigenvalue weighted by Crippen LogP contribution is -2.37. The number of hydrogen-bond acceptors (Lipinski definition) is 6. The summed E-state index contributed by atoms with van der Waals surface area (Å²) in [6, 6.07) is 21.8. The number of nitrogens with zero attached hydrogens (tertiary/aromatic N) is 2. The molecular weight excluding hydrogens is 478 g/mol. The van der Waals surface area contributed by atoms with Gasteiger partial charge in [-0.3, -0.25) is 4.79 Å². The van der Waals surface area contributed by atoms with Gasteiger partial charge in [-0.05, 0) is 87.2 Å². The number of hydrogen-bond donors (Lipinski definition) is 2. The number of amides is 1. The summed E-state index contributed by atoms with van der Waals surface area (Å²) in [5.74, 6) is 6.14. The van der Waals surface area contributed by atoms with E-state index in [1.54, 1.807) is 23.2 Å². The van der Waals surface area contributed by atoms with Crippen LogP contribution in [0.3, 0.4) is 0 Å². The Hall–Kier alpha value is -3.71. The van der Waals surface area contributed by atoms with Crippen LogP contribution in [-0.4, -0.2) is 36.5 Å². The van der Waals surface area contributed by atoms with E-state index in [4.69, 9.17) is 15.3 Å². The summed E-state index contributed by atoms with van der Waals surface area (Å²) in [6.45, 7) is 5.02. The van der Waals surface area contributed by atoms with E-state index in [-0.39, 0.29) is 35.7 Å². The molecule has 0 saturated heterocycles. The van der Waals surface area contributed by atoms with Crippen LogP contribution in [0.15, 0.2) is 77.9 Å². The monoisotopic (exact) mass is 511 g/mol. The zero-order valence-corrected chi connectivity index (χ0v) is 21.5. The van der Waals surface area contributed by atoms with Gasteiger partial charge in [0.25, 0.3) is 5.91 Å². The Morgan fingerprint density at radius 2 is 1.56 bits per heavy atom. The Morgan fingerprint density at radius 1 is 0.944 bits per heavy atom. The molecule has 3 rings (SSSR count). The van der Waals surface area contributed by atoms with E-state index in [1.807, 2.05) is 68.4 Å². The number of halogens is 1. The summed E-state index contributed by atoms with van der Waals surface area (Å²) >= 11 is 0. The number of nitrogens with two attached hydrogens (primary N) is 1. The second-order valence-electron chi connectivity index (χ2n) is 8.39. The summed E-state index contributed by atoms with van der Waals surface area (Å²) in [4.78, 5) is 14.8. The van der Waals surface area contributed by atoms with E-state index in [1.165, 1.54) is 6.07 Å². The maximum absolute atomic E-state index is 13.1. The second-order valence-corrected chi connectivity index (χ2v) is 8.39. The molecule has 0 aliphatic carbocycles. The predicted molar refractivity (Wildman–Crippen MR) is 147 cm³/mol. The Bertz CT molecular complexity index is 1110. The van der Waals surface area contributed by atoms with Crippen LogP contribution in [0.1, 0.15) is 49.0 Å². The number of carbonyl (C=O) groups excluding carboxylic acids is 1. The first kappa shape index (κ1) is 28.5. The zero-order valence-electron chi connectivity index (χ0n) is 20.7. The standard InChI is InChI=1S/C28H33N3O4.ClH/c1-21(2)31(23-9-5-3-6-10-23)28(33)26-16-15-25(19-27(26)32)35-18-8-4-7-17-34-24-13-11-22(12-14-24)20-30-29;/h3,5-6,9-16,19-21,32H,4,7-8,17-18,29H2,1-2H3;1H. The van der Waals surface area contributed by atoms with Crippen molar-refractivity contribution >= 4 is 30.2 Å². The third-order valence-corrected chi connectivity index (χ3v) is 5.40. The van der Waals surface area contributed by atoms with E-state index in [2.05, 4.69) is 5.10 Å². The number of hydrazone groups is 1. The summed E-state index contributed by atoms with van der Waals surface area (Å²) in [5, 5.41) is 14.0. The lowest BCUT2D eigenvalue weighted by molar-refractivity contribution is 0.0977. The molecule has 0 fully saturated rings. The Morgan fingerprint density at radius 3 is 2.14 bits per heavy atom. The third kappa shape index (κ3) is 8.20. The number of anilines is 1. The van der Waals surface area contributed by atoms with Gasteiger partial charge in [0.05, 0.1) is 25.0 Å². The molecule has 8 heteroatoms. The molecule has 192 valence electrons. The minimum atomic E-state index is -0.252. The van der Waals surface area contributed by atoms with E-state index in [9.17, 15) is 9.90 Å². The first-order valence-corrected chi connectivity index (χ1v) is 11.8. The first-order valence-electron chi connectivity index (χ1n) is 11.8. The van der Waals surface area contributed by atoms with Crippen molar-refractivity contribution in [3.63, 3.8) is 0 Å². The number of carbonyl (C=O) groups is 1. The normalized spacial score (nSPS) is 10.8. The second kappa shape index (κ2) is 14.6. The van der Waals surface area contributed by atoms with Crippen LogP contribution < -0.4 is 20.2 Å². The molecule has 7 nitrogen and oxygen atoms in total. The lowest BCUT2D eigenvalue weighted by Gasteiger charge is -2.27. The molecule has 0 unspecified atom stereocenters. The molecule has 3 aromatic rings. The van der Waals surface area contributed by atoms with Crippen LogP contribution in [0.5, 0.6) is 17.2 Å². The van der Waals surface area contributed by atoms with E-state index >= 15 is 0 Å². The predicted octanol–water partition coefficient (Wildman–Crippen LogP) is 5.79. The van der Waals surface area contributed by atoms with Crippen molar-refractivity contribution in [3.8, 4) is 17.2 Å². The first-order chi connectivity index (χ1) is 17.0. The Balaban J connectivity index is 0.00000456. The van der Waals surface area contributed by atoms with Crippen LogP contribution in [-0.2, 0) is 0 Å². The van der Waals surface area contributed by atoms with Crippen molar-refractivity contribution in [1.29, 1.82) is 0 Å². The molecule has 0 bridgehead atoms. The Labute approximate surface area is 218 Å². The molecule has 0 aliphatic heterocycles. The van der Waals surface area contributed by atoms with E-state index in [0.29, 0.717) is 19.0 Å². The van der Waals surface area contributed by atoms with Gasteiger partial charge >= 0.3 is 0 Å². The molecule has 3 N–H and O–H groups in total. The SMILES string of the molecule is CC(C)N(C(=O)c1ccc(OCCCCCOc2ccc(C=NN)cc2)cc1O)c1ccccc1.Cl. The van der Waals surface area contributed by atoms with Crippen molar-refractivity contribution in [2.75, 3.05) is 18.1 Å². The fraction of sp³-hybridized carbons (Fsp3) is 0.286. The maximum Gasteiger partial charge on any atom is 0.262 e. The molecule has 0 saturated carbocycles. The summed E-state index contributed by atoms with van der Waals surface area (Å²) in [7, 11) is 0. The quantitative estimate of drug-likeness (QED) is 0.139. The topological polar surface area (TPSA) is 97.4 Å². The van der Waals surface area contributed by atoms with Crippen molar-refractivity contribution < 1.29 is 19.4 Å². The number of rotatable bonds is 12.